The highest BCUT2D eigenvalue weighted by Gasteiger charge is 2.26. The van der Waals surface area contributed by atoms with E-state index < -0.39 is 0 Å². The quantitative estimate of drug-likeness (QED) is 0.736. The lowest BCUT2D eigenvalue weighted by Crippen LogP contribution is -2.51. The van der Waals surface area contributed by atoms with Crippen molar-refractivity contribution >= 4 is 11.8 Å². The van der Waals surface area contributed by atoms with Gasteiger partial charge in [0.2, 0.25) is 5.91 Å². The predicted molar refractivity (Wildman–Crippen MR) is 104 cm³/mol. The average molecular weight is 393 g/mol. The Morgan fingerprint density at radius 3 is 2.31 bits per heavy atom. The van der Waals surface area contributed by atoms with Gasteiger partial charge in [-0.05, 0) is 35.9 Å². The van der Waals surface area contributed by atoms with E-state index in [0.29, 0.717) is 37.6 Å². The average Bonchev–Trinajstić information content (AvgIpc) is 3.26. The van der Waals surface area contributed by atoms with Gasteiger partial charge >= 0.3 is 0 Å². The lowest BCUT2D eigenvalue weighted by atomic mass is 10.1. The van der Waals surface area contributed by atoms with E-state index in [1.54, 1.807) is 40.4 Å². The lowest BCUT2D eigenvalue weighted by molar-refractivity contribution is -0.131. The fourth-order valence-electron chi connectivity index (χ4n) is 3.32. The fraction of sp³-hybridized carbons (Fsp3) is 0.238. The maximum Gasteiger partial charge on any atom is 0.272 e. The molecule has 2 aromatic heterocycles. The Morgan fingerprint density at radius 1 is 0.966 bits per heavy atom. The van der Waals surface area contributed by atoms with Gasteiger partial charge in [0.15, 0.2) is 0 Å². The van der Waals surface area contributed by atoms with Gasteiger partial charge < -0.3 is 9.80 Å². The van der Waals surface area contributed by atoms with Gasteiger partial charge in [0.25, 0.3) is 5.91 Å². The molecule has 0 unspecified atom stereocenters. The standard InChI is InChI=1S/C21H20FN5O2/c22-17-3-1-15(2-4-17)13-20(28)26-9-11-27(12-10-26)21(29)19-14-18(24-25-19)16-5-7-23-8-6-16/h1-8,14H,9-13H2,(H,24,25). The number of nitrogens with one attached hydrogen (secondary N) is 1. The minimum absolute atomic E-state index is 0.0229. The first-order valence-corrected chi connectivity index (χ1v) is 9.37. The molecule has 0 saturated carbocycles. The molecule has 0 atom stereocenters. The van der Waals surface area contributed by atoms with E-state index in [2.05, 4.69) is 15.2 Å². The number of rotatable bonds is 4. The molecule has 1 aromatic carbocycles. The third-order valence-corrected chi connectivity index (χ3v) is 4.97. The molecule has 2 amide bonds. The molecule has 8 heteroatoms. The zero-order valence-corrected chi connectivity index (χ0v) is 15.7. The molecule has 3 aromatic rings. The van der Waals surface area contributed by atoms with Crippen LogP contribution < -0.4 is 0 Å². The molecule has 3 heterocycles. The van der Waals surface area contributed by atoms with Gasteiger partial charge in [-0.2, -0.15) is 5.10 Å². The smallest absolute Gasteiger partial charge is 0.272 e. The minimum atomic E-state index is -0.320. The van der Waals surface area contributed by atoms with E-state index in [1.807, 2.05) is 12.1 Å². The maximum atomic E-state index is 13.0. The summed E-state index contributed by atoms with van der Waals surface area (Å²) in [6, 6.07) is 11.3. The van der Waals surface area contributed by atoms with Gasteiger partial charge in [0.1, 0.15) is 11.5 Å². The molecule has 0 radical (unpaired) electrons. The van der Waals surface area contributed by atoms with Crippen molar-refractivity contribution in [2.24, 2.45) is 0 Å². The van der Waals surface area contributed by atoms with Crippen LogP contribution in [0.4, 0.5) is 4.39 Å². The number of amides is 2. The number of H-pyrrole nitrogens is 1. The van der Waals surface area contributed by atoms with E-state index in [4.69, 9.17) is 0 Å². The normalized spacial score (nSPS) is 14.1. The fourth-order valence-corrected chi connectivity index (χ4v) is 3.32. The van der Waals surface area contributed by atoms with Crippen LogP contribution in [0.3, 0.4) is 0 Å². The molecule has 1 aliphatic rings. The zero-order chi connectivity index (χ0) is 20.2. The third-order valence-electron chi connectivity index (χ3n) is 4.97. The van der Waals surface area contributed by atoms with Crippen LogP contribution in [-0.2, 0) is 11.2 Å². The number of pyridine rings is 1. The van der Waals surface area contributed by atoms with Crippen molar-refractivity contribution in [2.75, 3.05) is 26.2 Å². The molecule has 1 aliphatic heterocycles. The van der Waals surface area contributed by atoms with Crippen LogP contribution in [0, 0.1) is 5.82 Å². The maximum absolute atomic E-state index is 13.0. The summed E-state index contributed by atoms with van der Waals surface area (Å²) in [7, 11) is 0. The molecule has 4 rings (SSSR count). The Labute approximate surface area is 167 Å². The third kappa shape index (κ3) is 4.31. The van der Waals surface area contributed by atoms with Crippen molar-refractivity contribution < 1.29 is 14.0 Å². The topological polar surface area (TPSA) is 82.2 Å². The van der Waals surface area contributed by atoms with E-state index in [1.165, 1.54) is 12.1 Å². The highest BCUT2D eigenvalue weighted by molar-refractivity contribution is 5.93. The van der Waals surface area contributed by atoms with E-state index in [-0.39, 0.29) is 24.1 Å². The van der Waals surface area contributed by atoms with Gasteiger partial charge in [-0.15, -0.1) is 0 Å². The molecular weight excluding hydrogens is 373 g/mol. The SMILES string of the molecule is O=C(Cc1ccc(F)cc1)N1CCN(C(=O)c2cc(-c3ccncc3)n[nH]2)CC1. The number of benzene rings is 1. The molecule has 1 fully saturated rings. The molecule has 0 bridgehead atoms. The second-order valence-corrected chi connectivity index (χ2v) is 6.88. The summed E-state index contributed by atoms with van der Waals surface area (Å²) in [5.41, 5.74) is 2.76. The zero-order valence-electron chi connectivity index (χ0n) is 15.7. The molecule has 1 saturated heterocycles. The summed E-state index contributed by atoms with van der Waals surface area (Å²) in [5.74, 6) is -0.479. The largest absolute Gasteiger partial charge is 0.339 e. The number of halogens is 1. The van der Waals surface area contributed by atoms with Crippen LogP contribution in [0.1, 0.15) is 16.1 Å². The second kappa shape index (κ2) is 8.22. The number of hydrogen-bond donors (Lipinski definition) is 1. The molecule has 7 nitrogen and oxygen atoms in total. The van der Waals surface area contributed by atoms with Crippen LogP contribution in [0.25, 0.3) is 11.3 Å². The van der Waals surface area contributed by atoms with Gasteiger partial charge in [-0.1, -0.05) is 12.1 Å². The number of aromatic amines is 1. The van der Waals surface area contributed by atoms with Crippen LogP contribution in [0.2, 0.25) is 0 Å². The van der Waals surface area contributed by atoms with Gasteiger partial charge in [-0.25, -0.2) is 4.39 Å². The van der Waals surface area contributed by atoms with Crippen LogP contribution in [-0.4, -0.2) is 63.0 Å². The molecule has 0 aliphatic carbocycles. The van der Waals surface area contributed by atoms with Crippen molar-refractivity contribution in [1.29, 1.82) is 0 Å². The summed E-state index contributed by atoms with van der Waals surface area (Å²) >= 11 is 0. The minimum Gasteiger partial charge on any atom is -0.339 e. The Morgan fingerprint density at radius 2 is 1.62 bits per heavy atom. The number of carbonyl (C=O) groups excluding carboxylic acids is 2. The van der Waals surface area contributed by atoms with Gasteiger partial charge in [-0.3, -0.25) is 19.7 Å². The van der Waals surface area contributed by atoms with E-state index in [0.717, 1.165) is 11.1 Å². The Hall–Kier alpha value is -3.55. The first kappa shape index (κ1) is 18.8. The monoisotopic (exact) mass is 393 g/mol. The summed E-state index contributed by atoms with van der Waals surface area (Å²) in [5, 5.41) is 7.01. The Balaban J connectivity index is 1.33. The first-order valence-electron chi connectivity index (χ1n) is 9.37. The van der Waals surface area contributed by atoms with Crippen molar-refractivity contribution in [3.63, 3.8) is 0 Å². The highest BCUT2D eigenvalue weighted by atomic mass is 19.1. The number of aromatic nitrogens is 3. The molecular formula is C21H20FN5O2. The summed E-state index contributed by atoms with van der Waals surface area (Å²) in [4.78, 5) is 32.6. The summed E-state index contributed by atoms with van der Waals surface area (Å²) in [6.07, 6.45) is 3.57. The summed E-state index contributed by atoms with van der Waals surface area (Å²) in [6.45, 7) is 1.85. The van der Waals surface area contributed by atoms with Gasteiger partial charge in [0, 0.05) is 44.1 Å². The van der Waals surface area contributed by atoms with Crippen molar-refractivity contribution in [3.05, 3.63) is 71.9 Å². The van der Waals surface area contributed by atoms with E-state index >= 15 is 0 Å². The Bertz CT molecular complexity index is 995. The van der Waals surface area contributed by atoms with Crippen LogP contribution in [0.5, 0.6) is 0 Å². The van der Waals surface area contributed by atoms with E-state index in [9.17, 15) is 14.0 Å². The molecule has 0 spiro atoms. The number of carbonyl (C=O) groups is 2. The summed E-state index contributed by atoms with van der Waals surface area (Å²) < 4.78 is 13.0. The second-order valence-electron chi connectivity index (χ2n) is 6.88. The predicted octanol–water partition coefficient (Wildman–Crippen LogP) is 2.14. The molecule has 148 valence electrons. The number of nitrogens with zero attached hydrogens (tertiary/aromatic N) is 4. The Kier molecular flexibility index (Phi) is 5.33. The van der Waals surface area contributed by atoms with Crippen molar-refractivity contribution in [3.8, 4) is 11.3 Å². The molecule has 1 N–H and O–H groups in total. The molecule has 29 heavy (non-hydrogen) atoms. The number of hydrogen-bond acceptors (Lipinski definition) is 4. The van der Waals surface area contributed by atoms with Crippen LogP contribution in [0.15, 0.2) is 54.9 Å². The van der Waals surface area contributed by atoms with Crippen molar-refractivity contribution in [1.82, 2.24) is 25.0 Å². The first-order chi connectivity index (χ1) is 14.1. The number of piperazine rings is 1. The van der Waals surface area contributed by atoms with Gasteiger partial charge in [0.05, 0.1) is 12.1 Å². The van der Waals surface area contributed by atoms with Crippen molar-refractivity contribution in [2.45, 2.75) is 6.42 Å². The highest BCUT2D eigenvalue weighted by Crippen LogP contribution is 2.18. The lowest BCUT2D eigenvalue weighted by Gasteiger charge is -2.34. The van der Waals surface area contributed by atoms with Crippen LogP contribution >= 0.6 is 0 Å².